The van der Waals surface area contributed by atoms with Crippen molar-refractivity contribution in [3.05, 3.63) is 21.7 Å². The molecule has 0 unspecified atom stereocenters. The summed E-state index contributed by atoms with van der Waals surface area (Å²) in [5.74, 6) is 1.75. The SMILES string of the molecule is CNCCc1c(C)c(Br)cc2c1OCO2. The molecule has 82 valence electrons. The van der Waals surface area contributed by atoms with Gasteiger partial charge in [-0.15, -0.1) is 0 Å². The summed E-state index contributed by atoms with van der Waals surface area (Å²) in [6, 6.07) is 1.97. The molecule has 0 aromatic heterocycles. The molecule has 1 aliphatic heterocycles. The number of hydrogen-bond acceptors (Lipinski definition) is 3. The number of ether oxygens (including phenoxy) is 2. The predicted molar refractivity (Wildman–Crippen MR) is 62.6 cm³/mol. The third-order valence-electron chi connectivity index (χ3n) is 2.61. The fourth-order valence-corrected chi connectivity index (χ4v) is 2.17. The molecule has 0 atom stereocenters. The summed E-state index contributed by atoms with van der Waals surface area (Å²) in [5.41, 5.74) is 2.46. The van der Waals surface area contributed by atoms with Gasteiger partial charge in [0.25, 0.3) is 0 Å². The highest BCUT2D eigenvalue weighted by molar-refractivity contribution is 9.10. The van der Waals surface area contributed by atoms with Crippen LogP contribution in [0.4, 0.5) is 0 Å². The molecule has 1 heterocycles. The van der Waals surface area contributed by atoms with Crippen LogP contribution in [0.1, 0.15) is 11.1 Å². The summed E-state index contributed by atoms with van der Waals surface area (Å²) in [5, 5.41) is 3.14. The molecule has 3 nitrogen and oxygen atoms in total. The van der Waals surface area contributed by atoms with Gasteiger partial charge in [-0.05, 0) is 38.6 Å². The second kappa shape index (κ2) is 4.41. The number of fused-ring (bicyclic) bond motifs is 1. The van der Waals surface area contributed by atoms with E-state index in [1.54, 1.807) is 0 Å². The van der Waals surface area contributed by atoms with Crippen LogP contribution in [-0.2, 0) is 6.42 Å². The second-order valence-electron chi connectivity index (χ2n) is 3.55. The Hall–Kier alpha value is -0.740. The molecular formula is C11H14BrNO2. The van der Waals surface area contributed by atoms with E-state index in [0.717, 1.165) is 28.9 Å². The molecule has 0 fully saturated rings. The topological polar surface area (TPSA) is 30.5 Å². The summed E-state index contributed by atoms with van der Waals surface area (Å²) in [6.45, 7) is 3.36. The van der Waals surface area contributed by atoms with Gasteiger partial charge in [0, 0.05) is 10.0 Å². The van der Waals surface area contributed by atoms with E-state index in [2.05, 4.69) is 28.2 Å². The Morgan fingerprint density at radius 2 is 2.27 bits per heavy atom. The maximum absolute atomic E-state index is 5.49. The van der Waals surface area contributed by atoms with Crippen molar-refractivity contribution in [2.45, 2.75) is 13.3 Å². The molecule has 0 saturated carbocycles. The summed E-state index contributed by atoms with van der Waals surface area (Å²) in [6.07, 6.45) is 0.952. The van der Waals surface area contributed by atoms with Crippen LogP contribution in [0.2, 0.25) is 0 Å². The zero-order valence-electron chi connectivity index (χ0n) is 8.89. The Bertz CT molecular complexity index is 379. The first kappa shape index (κ1) is 10.8. The number of benzene rings is 1. The summed E-state index contributed by atoms with van der Waals surface area (Å²) in [7, 11) is 1.95. The van der Waals surface area contributed by atoms with Crippen LogP contribution in [-0.4, -0.2) is 20.4 Å². The third-order valence-corrected chi connectivity index (χ3v) is 3.43. The van der Waals surface area contributed by atoms with Crippen LogP contribution in [0, 0.1) is 6.92 Å². The van der Waals surface area contributed by atoms with E-state index in [-0.39, 0.29) is 0 Å². The van der Waals surface area contributed by atoms with E-state index in [1.165, 1.54) is 11.1 Å². The minimum absolute atomic E-state index is 0.331. The first-order valence-corrected chi connectivity index (χ1v) is 5.75. The first-order chi connectivity index (χ1) is 7.24. The molecule has 0 bridgehead atoms. The number of hydrogen-bond donors (Lipinski definition) is 1. The molecule has 0 amide bonds. The third kappa shape index (κ3) is 1.96. The van der Waals surface area contributed by atoms with Gasteiger partial charge in [-0.2, -0.15) is 0 Å². The van der Waals surface area contributed by atoms with Gasteiger partial charge in [-0.3, -0.25) is 0 Å². The smallest absolute Gasteiger partial charge is 0.231 e. The molecular weight excluding hydrogens is 258 g/mol. The molecule has 0 spiro atoms. The van der Waals surface area contributed by atoms with Gasteiger partial charge in [0.15, 0.2) is 11.5 Å². The molecule has 0 radical (unpaired) electrons. The Morgan fingerprint density at radius 1 is 1.47 bits per heavy atom. The van der Waals surface area contributed by atoms with Crippen LogP contribution >= 0.6 is 15.9 Å². The van der Waals surface area contributed by atoms with Gasteiger partial charge >= 0.3 is 0 Å². The lowest BCUT2D eigenvalue weighted by Gasteiger charge is -2.11. The highest BCUT2D eigenvalue weighted by Gasteiger charge is 2.21. The highest BCUT2D eigenvalue weighted by atomic mass is 79.9. The van der Waals surface area contributed by atoms with E-state index in [4.69, 9.17) is 9.47 Å². The fraction of sp³-hybridized carbons (Fsp3) is 0.455. The summed E-state index contributed by atoms with van der Waals surface area (Å²) < 4.78 is 12.0. The second-order valence-corrected chi connectivity index (χ2v) is 4.40. The van der Waals surface area contributed by atoms with Crippen molar-refractivity contribution in [1.82, 2.24) is 5.32 Å². The Kier molecular flexibility index (Phi) is 3.17. The largest absolute Gasteiger partial charge is 0.454 e. The molecule has 1 aromatic carbocycles. The van der Waals surface area contributed by atoms with Crippen molar-refractivity contribution >= 4 is 15.9 Å². The molecule has 1 aromatic rings. The van der Waals surface area contributed by atoms with Gasteiger partial charge in [0.1, 0.15) is 0 Å². The number of rotatable bonds is 3. The highest BCUT2D eigenvalue weighted by Crippen LogP contribution is 2.41. The van der Waals surface area contributed by atoms with Crippen LogP contribution in [0.5, 0.6) is 11.5 Å². The molecule has 1 N–H and O–H groups in total. The first-order valence-electron chi connectivity index (χ1n) is 4.96. The average molecular weight is 272 g/mol. The summed E-state index contributed by atoms with van der Waals surface area (Å²) >= 11 is 3.54. The lowest BCUT2D eigenvalue weighted by molar-refractivity contribution is 0.173. The molecule has 1 aliphatic rings. The Balaban J connectivity index is 2.41. The quantitative estimate of drug-likeness (QED) is 0.915. The van der Waals surface area contributed by atoms with Gasteiger partial charge < -0.3 is 14.8 Å². The maximum atomic E-state index is 5.49. The summed E-state index contributed by atoms with van der Waals surface area (Å²) in [4.78, 5) is 0. The average Bonchev–Trinajstić information content (AvgIpc) is 2.66. The van der Waals surface area contributed by atoms with E-state index in [1.807, 2.05) is 13.1 Å². The lowest BCUT2D eigenvalue weighted by atomic mass is 10.0. The van der Waals surface area contributed by atoms with E-state index >= 15 is 0 Å². The molecule has 15 heavy (non-hydrogen) atoms. The minimum atomic E-state index is 0.331. The van der Waals surface area contributed by atoms with Crippen LogP contribution in [0.25, 0.3) is 0 Å². The number of halogens is 1. The number of nitrogens with one attached hydrogen (secondary N) is 1. The molecule has 4 heteroatoms. The number of likely N-dealkylation sites (N-methyl/N-ethyl adjacent to an activating group) is 1. The van der Waals surface area contributed by atoms with Gasteiger partial charge in [-0.25, -0.2) is 0 Å². The van der Waals surface area contributed by atoms with Gasteiger partial charge in [-0.1, -0.05) is 15.9 Å². The van der Waals surface area contributed by atoms with Gasteiger partial charge in [0.05, 0.1) is 0 Å². The zero-order valence-corrected chi connectivity index (χ0v) is 10.5. The van der Waals surface area contributed by atoms with E-state index in [0.29, 0.717) is 6.79 Å². The Labute approximate surface area is 97.9 Å². The molecule has 2 rings (SSSR count). The van der Waals surface area contributed by atoms with Crippen LogP contribution < -0.4 is 14.8 Å². The monoisotopic (exact) mass is 271 g/mol. The fourth-order valence-electron chi connectivity index (χ4n) is 1.72. The van der Waals surface area contributed by atoms with Crippen molar-refractivity contribution in [1.29, 1.82) is 0 Å². The minimum Gasteiger partial charge on any atom is -0.454 e. The van der Waals surface area contributed by atoms with Crippen LogP contribution in [0.15, 0.2) is 10.5 Å². The molecule has 0 saturated heterocycles. The molecule has 0 aliphatic carbocycles. The van der Waals surface area contributed by atoms with Crippen molar-refractivity contribution in [2.75, 3.05) is 20.4 Å². The maximum Gasteiger partial charge on any atom is 0.231 e. The van der Waals surface area contributed by atoms with Crippen molar-refractivity contribution < 1.29 is 9.47 Å². The van der Waals surface area contributed by atoms with Crippen molar-refractivity contribution in [2.24, 2.45) is 0 Å². The van der Waals surface area contributed by atoms with Gasteiger partial charge in [0.2, 0.25) is 6.79 Å². The van der Waals surface area contributed by atoms with E-state index < -0.39 is 0 Å². The zero-order chi connectivity index (χ0) is 10.8. The predicted octanol–water partition coefficient (Wildman–Crippen LogP) is 2.25. The lowest BCUT2D eigenvalue weighted by Crippen LogP contribution is -2.11. The Morgan fingerprint density at radius 3 is 3.00 bits per heavy atom. The van der Waals surface area contributed by atoms with E-state index in [9.17, 15) is 0 Å². The normalized spacial score (nSPS) is 13.3. The van der Waals surface area contributed by atoms with Crippen molar-refractivity contribution in [3.8, 4) is 11.5 Å². The van der Waals surface area contributed by atoms with Crippen LogP contribution in [0.3, 0.4) is 0 Å². The standard InChI is InChI=1S/C11H14BrNO2/c1-7-8(3-4-13-2)11-10(5-9(7)12)14-6-15-11/h5,13H,3-4,6H2,1-2H3. The van der Waals surface area contributed by atoms with Crippen molar-refractivity contribution in [3.63, 3.8) is 0 Å².